The Hall–Kier alpha value is 0.0500. The second-order valence-electron chi connectivity index (χ2n) is 3.04. The summed E-state index contributed by atoms with van der Waals surface area (Å²) >= 11 is 1.90. The van der Waals surface area contributed by atoms with Crippen molar-refractivity contribution in [2.75, 3.05) is 18.6 Å². The van der Waals surface area contributed by atoms with Crippen LogP contribution in [0.3, 0.4) is 0 Å². The summed E-state index contributed by atoms with van der Waals surface area (Å²) in [5.41, 5.74) is 1.30. The van der Waals surface area contributed by atoms with Crippen LogP contribution < -0.4 is 5.32 Å². The van der Waals surface area contributed by atoms with Crippen LogP contribution in [0.1, 0.15) is 26.7 Å². The van der Waals surface area contributed by atoms with E-state index in [4.69, 9.17) is 0 Å². The first kappa shape index (κ1) is 12.0. The second-order valence-corrected chi connectivity index (χ2v) is 3.96. The van der Waals surface area contributed by atoms with Gasteiger partial charge in [-0.3, -0.25) is 0 Å². The fourth-order valence-electron chi connectivity index (χ4n) is 0.936. The van der Waals surface area contributed by atoms with Crippen molar-refractivity contribution in [3.8, 4) is 0 Å². The van der Waals surface area contributed by atoms with Crippen molar-refractivity contribution in [2.45, 2.75) is 32.7 Å². The van der Waals surface area contributed by atoms with E-state index >= 15 is 0 Å². The van der Waals surface area contributed by atoms with Crippen molar-refractivity contribution in [1.29, 1.82) is 0 Å². The highest BCUT2D eigenvalue weighted by molar-refractivity contribution is 7.98. The zero-order valence-electron chi connectivity index (χ0n) is 8.52. The molecule has 0 aliphatic carbocycles. The Morgan fingerprint density at radius 1 is 1.50 bits per heavy atom. The topological polar surface area (TPSA) is 12.0 Å². The molecule has 1 unspecified atom stereocenters. The first-order valence-corrected chi connectivity index (χ1v) is 6.02. The van der Waals surface area contributed by atoms with Gasteiger partial charge < -0.3 is 5.32 Å². The van der Waals surface area contributed by atoms with Crippen molar-refractivity contribution in [3.63, 3.8) is 0 Å². The van der Waals surface area contributed by atoms with E-state index in [2.05, 4.69) is 32.0 Å². The van der Waals surface area contributed by atoms with Crippen LogP contribution in [-0.2, 0) is 0 Å². The molecule has 1 N–H and O–H groups in total. The Morgan fingerprint density at radius 3 is 2.58 bits per heavy atom. The number of nitrogens with one attached hydrogen (secondary N) is 1. The average molecular weight is 187 g/mol. The first-order chi connectivity index (χ1) is 5.74. The predicted octanol–water partition coefficient (Wildman–Crippen LogP) is 2.68. The molecule has 0 rings (SSSR count). The van der Waals surface area contributed by atoms with E-state index < -0.39 is 0 Å². The van der Waals surface area contributed by atoms with E-state index in [0.717, 1.165) is 13.0 Å². The monoisotopic (exact) mass is 187 g/mol. The Balaban J connectivity index is 3.50. The molecule has 0 saturated carbocycles. The van der Waals surface area contributed by atoms with Crippen LogP contribution in [0.15, 0.2) is 12.2 Å². The summed E-state index contributed by atoms with van der Waals surface area (Å²) in [7, 11) is 0. The van der Waals surface area contributed by atoms with Gasteiger partial charge in [-0.05, 0) is 19.1 Å². The van der Waals surface area contributed by atoms with Gasteiger partial charge in [0.25, 0.3) is 0 Å². The summed E-state index contributed by atoms with van der Waals surface area (Å²) in [5.74, 6) is 1.20. The van der Waals surface area contributed by atoms with Gasteiger partial charge in [0, 0.05) is 18.3 Å². The highest BCUT2D eigenvalue weighted by Gasteiger charge is 2.03. The minimum atomic E-state index is 0.656. The van der Waals surface area contributed by atoms with Crippen LogP contribution in [0.4, 0.5) is 0 Å². The van der Waals surface area contributed by atoms with E-state index in [9.17, 15) is 0 Å². The van der Waals surface area contributed by atoms with E-state index in [1.54, 1.807) is 0 Å². The maximum Gasteiger partial charge on any atom is 0.0164 e. The van der Waals surface area contributed by atoms with Crippen LogP contribution in [-0.4, -0.2) is 24.6 Å². The molecular weight excluding hydrogens is 166 g/mol. The van der Waals surface area contributed by atoms with E-state index in [0.29, 0.717) is 6.04 Å². The van der Waals surface area contributed by atoms with Gasteiger partial charge in [0.1, 0.15) is 0 Å². The van der Waals surface area contributed by atoms with Gasteiger partial charge in [0.15, 0.2) is 0 Å². The molecule has 1 nitrogen and oxygen atoms in total. The number of hydrogen-bond donors (Lipinski definition) is 1. The number of hydrogen-bond acceptors (Lipinski definition) is 2. The molecular formula is C10H21NS. The van der Waals surface area contributed by atoms with E-state index in [-0.39, 0.29) is 0 Å². The Bertz CT molecular complexity index is 123. The first-order valence-electron chi connectivity index (χ1n) is 4.63. The molecule has 0 heterocycles. The average Bonchev–Trinajstić information content (AvgIpc) is 2.11. The number of rotatable bonds is 7. The maximum atomic E-state index is 3.97. The zero-order chi connectivity index (χ0) is 9.40. The molecule has 0 amide bonds. The summed E-state index contributed by atoms with van der Waals surface area (Å²) in [6, 6.07) is 0.656. The largest absolute Gasteiger partial charge is 0.309 e. The third-order valence-electron chi connectivity index (χ3n) is 2.00. The molecule has 0 aliphatic rings. The standard InChI is InChI=1S/C10H21NS/c1-5-9(3)7-11-10(6-2)8-12-4/h10-11H,3,5-8H2,1-2,4H3. The van der Waals surface area contributed by atoms with Crippen molar-refractivity contribution in [2.24, 2.45) is 0 Å². The van der Waals surface area contributed by atoms with E-state index in [1.807, 2.05) is 11.8 Å². The highest BCUT2D eigenvalue weighted by atomic mass is 32.2. The highest BCUT2D eigenvalue weighted by Crippen LogP contribution is 2.02. The Labute approximate surface area is 81.0 Å². The molecule has 0 aromatic rings. The molecule has 0 aliphatic heterocycles. The fraction of sp³-hybridized carbons (Fsp3) is 0.800. The van der Waals surface area contributed by atoms with Gasteiger partial charge in [0.2, 0.25) is 0 Å². The molecule has 0 bridgehead atoms. The van der Waals surface area contributed by atoms with Gasteiger partial charge in [-0.25, -0.2) is 0 Å². The summed E-state index contributed by atoms with van der Waals surface area (Å²) in [5, 5.41) is 3.50. The third-order valence-corrected chi connectivity index (χ3v) is 2.74. The summed E-state index contributed by atoms with van der Waals surface area (Å²) in [6.45, 7) is 9.33. The van der Waals surface area contributed by atoms with Gasteiger partial charge in [0.05, 0.1) is 0 Å². The lowest BCUT2D eigenvalue weighted by atomic mass is 10.2. The van der Waals surface area contributed by atoms with Gasteiger partial charge in [-0.15, -0.1) is 0 Å². The van der Waals surface area contributed by atoms with Crippen LogP contribution in [0.2, 0.25) is 0 Å². The van der Waals surface area contributed by atoms with Crippen molar-refractivity contribution < 1.29 is 0 Å². The molecule has 12 heavy (non-hydrogen) atoms. The molecule has 0 saturated heterocycles. The predicted molar refractivity (Wildman–Crippen MR) is 59.9 cm³/mol. The second kappa shape index (κ2) is 7.69. The normalized spacial score (nSPS) is 12.9. The molecule has 72 valence electrons. The maximum absolute atomic E-state index is 3.97. The molecule has 0 aromatic carbocycles. The Kier molecular flexibility index (Phi) is 7.72. The third kappa shape index (κ3) is 5.67. The van der Waals surface area contributed by atoms with Crippen LogP contribution in [0, 0.1) is 0 Å². The number of thioether (sulfide) groups is 1. The van der Waals surface area contributed by atoms with Crippen molar-refractivity contribution in [1.82, 2.24) is 5.32 Å². The smallest absolute Gasteiger partial charge is 0.0164 e. The van der Waals surface area contributed by atoms with Gasteiger partial charge in [-0.1, -0.05) is 26.0 Å². The molecule has 0 radical (unpaired) electrons. The lowest BCUT2D eigenvalue weighted by molar-refractivity contribution is 0.564. The lowest BCUT2D eigenvalue weighted by Gasteiger charge is -2.15. The summed E-state index contributed by atoms with van der Waals surface area (Å²) in [4.78, 5) is 0. The lowest BCUT2D eigenvalue weighted by Crippen LogP contribution is -2.32. The van der Waals surface area contributed by atoms with Crippen molar-refractivity contribution in [3.05, 3.63) is 12.2 Å². The van der Waals surface area contributed by atoms with Crippen LogP contribution in [0.5, 0.6) is 0 Å². The van der Waals surface area contributed by atoms with E-state index in [1.165, 1.54) is 17.7 Å². The Morgan fingerprint density at radius 2 is 2.17 bits per heavy atom. The van der Waals surface area contributed by atoms with Crippen molar-refractivity contribution >= 4 is 11.8 Å². The molecule has 2 heteroatoms. The van der Waals surface area contributed by atoms with Gasteiger partial charge >= 0.3 is 0 Å². The molecule has 0 aromatic heterocycles. The van der Waals surface area contributed by atoms with Crippen LogP contribution in [0.25, 0.3) is 0 Å². The molecule has 0 spiro atoms. The minimum absolute atomic E-state index is 0.656. The summed E-state index contributed by atoms with van der Waals surface area (Å²) < 4.78 is 0. The molecule has 1 atom stereocenters. The minimum Gasteiger partial charge on any atom is -0.309 e. The SMILES string of the molecule is C=C(CC)CNC(CC)CSC. The zero-order valence-corrected chi connectivity index (χ0v) is 9.34. The fourth-order valence-corrected chi connectivity index (χ4v) is 1.69. The van der Waals surface area contributed by atoms with Gasteiger partial charge in [-0.2, -0.15) is 11.8 Å². The van der Waals surface area contributed by atoms with Crippen LogP contribution >= 0.6 is 11.8 Å². The molecule has 0 fully saturated rings. The quantitative estimate of drug-likeness (QED) is 0.615. The summed E-state index contributed by atoms with van der Waals surface area (Å²) in [6.07, 6.45) is 4.44.